The zero-order valence-corrected chi connectivity index (χ0v) is 19.8. The number of aromatic nitrogens is 3. The summed E-state index contributed by atoms with van der Waals surface area (Å²) in [6.45, 7) is 6.01. The maximum atomic E-state index is 14.9. The quantitative estimate of drug-likeness (QED) is 0.326. The minimum Gasteiger partial charge on any atom is -0.465 e. The van der Waals surface area contributed by atoms with Gasteiger partial charge < -0.3 is 14.7 Å². The van der Waals surface area contributed by atoms with Gasteiger partial charge in [0.25, 0.3) is 0 Å². The van der Waals surface area contributed by atoms with Gasteiger partial charge in [0.15, 0.2) is 11.5 Å². The number of carboxylic acid groups (broad SMARTS) is 1. The van der Waals surface area contributed by atoms with Crippen LogP contribution in [0, 0.1) is 14.8 Å². The van der Waals surface area contributed by atoms with Crippen molar-refractivity contribution in [2.45, 2.75) is 39.1 Å². The first-order valence-electron chi connectivity index (χ1n) is 9.86. The van der Waals surface area contributed by atoms with E-state index < -0.39 is 29.4 Å². The van der Waals surface area contributed by atoms with Crippen molar-refractivity contribution in [2.24, 2.45) is 5.41 Å². The van der Waals surface area contributed by atoms with Crippen molar-refractivity contribution in [2.75, 3.05) is 6.54 Å². The standard InChI is InChI=1S/C21H19F4IN4O3/c1-20(2,3)17-11(9-29(17)19(31)32)16-15-13(26)6-7-27-18(15)30(28-16)14-5-4-10(8-12(14)22)33-21(23,24)25/h4-8,11,17H,9H2,1-3H3,(H,31,32). The van der Waals surface area contributed by atoms with Crippen LogP contribution in [0.4, 0.5) is 22.4 Å². The van der Waals surface area contributed by atoms with Crippen molar-refractivity contribution in [1.29, 1.82) is 0 Å². The molecule has 1 saturated heterocycles. The van der Waals surface area contributed by atoms with Crippen LogP contribution in [0.25, 0.3) is 16.7 Å². The maximum absolute atomic E-state index is 14.9. The molecule has 1 aromatic carbocycles. The number of nitrogens with zero attached hydrogens (tertiary/aromatic N) is 4. The zero-order valence-electron chi connectivity index (χ0n) is 17.7. The topological polar surface area (TPSA) is 80.5 Å². The summed E-state index contributed by atoms with van der Waals surface area (Å²) in [5, 5.41) is 14.8. The summed E-state index contributed by atoms with van der Waals surface area (Å²) in [5.41, 5.74) is 0.390. The fraction of sp³-hybridized carbons (Fsp3) is 0.381. The second-order valence-corrected chi connectivity index (χ2v) is 9.96. The molecule has 0 aliphatic carbocycles. The van der Waals surface area contributed by atoms with Gasteiger partial charge in [-0.3, -0.25) is 0 Å². The molecule has 0 radical (unpaired) electrons. The van der Waals surface area contributed by atoms with Crippen LogP contribution < -0.4 is 4.74 Å². The molecule has 176 valence electrons. The molecule has 2 unspecified atom stereocenters. The van der Waals surface area contributed by atoms with Crippen molar-refractivity contribution in [1.82, 2.24) is 19.7 Å². The SMILES string of the molecule is CC(C)(C)C1C(c2nn(-c3ccc(OC(F)(F)F)cc3F)c3nccc(I)c23)CN1C(=O)O. The third-order valence-electron chi connectivity index (χ3n) is 5.52. The van der Waals surface area contributed by atoms with Crippen LogP contribution in [-0.2, 0) is 0 Å². The minimum absolute atomic E-state index is 0.100. The number of halogens is 5. The van der Waals surface area contributed by atoms with E-state index in [-0.39, 0.29) is 24.2 Å². The summed E-state index contributed by atoms with van der Waals surface area (Å²) < 4.78 is 58.1. The predicted molar refractivity (Wildman–Crippen MR) is 119 cm³/mol. The van der Waals surface area contributed by atoms with Crippen molar-refractivity contribution < 1.29 is 32.2 Å². The summed E-state index contributed by atoms with van der Waals surface area (Å²) >= 11 is 2.10. The molecule has 1 aliphatic heterocycles. The van der Waals surface area contributed by atoms with Gasteiger partial charge in [-0.05, 0) is 46.2 Å². The zero-order chi connectivity index (χ0) is 24.3. The summed E-state index contributed by atoms with van der Waals surface area (Å²) in [6.07, 6.45) is -4.45. The van der Waals surface area contributed by atoms with Crippen LogP contribution in [0.2, 0.25) is 0 Å². The van der Waals surface area contributed by atoms with Crippen LogP contribution >= 0.6 is 22.6 Å². The highest BCUT2D eigenvalue weighted by molar-refractivity contribution is 14.1. The molecule has 1 aliphatic rings. The van der Waals surface area contributed by atoms with Gasteiger partial charge in [-0.25, -0.2) is 18.9 Å². The summed E-state index contributed by atoms with van der Waals surface area (Å²) in [5.74, 6) is -1.92. The van der Waals surface area contributed by atoms with Gasteiger partial charge >= 0.3 is 12.5 Å². The maximum Gasteiger partial charge on any atom is 0.573 e. The van der Waals surface area contributed by atoms with E-state index >= 15 is 0 Å². The molecule has 0 saturated carbocycles. The van der Waals surface area contributed by atoms with Crippen molar-refractivity contribution in [3.05, 3.63) is 45.5 Å². The predicted octanol–water partition coefficient (Wildman–Crippen LogP) is 5.55. The van der Waals surface area contributed by atoms with Crippen LogP contribution in [0.15, 0.2) is 30.5 Å². The number of fused-ring (bicyclic) bond motifs is 1. The van der Waals surface area contributed by atoms with Gasteiger partial charge in [-0.15, -0.1) is 13.2 Å². The molecule has 3 aromatic rings. The molecule has 1 N–H and O–H groups in total. The van der Waals surface area contributed by atoms with E-state index in [1.165, 1.54) is 15.8 Å². The molecular weight excluding hydrogens is 559 g/mol. The Labute approximate surface area is 199 Å². The van der Waals surface area contributed by atoms with Crippen LogP contribution in [0.3, 0.4) is 0 Å². The third kappa shape index (κ3) is 4.32. The number of likely N-dealkylation sites (tertiary alicyclic amines) is 1. The minimum atomic E-state index is -4.95. The van der Waals surface area contributed by atoms with Gasteiger partial charge in [0, 0.05) is 28.3 Å². The van der Waals surface area contributed by atoms with Crippen molar-refractivity contribution >= 4 is 39.7 Å². The van der Waals surface area contributed by atoms with Gasteiger partial charge in [-0.1, -0.05) is 20.8 Å². The fourth-order valence-electron chi connectivity index (χ4n) is 4.32. The number of rotatable bonds is 3. The summed E-state index contributed by atoms with van der Waals surface area (Å²) in [7, 11) is 0. The average Bonchev–Trinajstić information content (AvgIpc) is 2.98. The first kappa shape index (κ1) is 23.5. The van der Waals surface area contributed by atoms with Crippen molar-refractivity contribution in [3.8, 4) is 11.4 Å². The highest BCUT2D eigenvalue weighted by atomic mass is 127. The lowest BCUT2D eigenvalue weighted by Gasteiger charge is -2.52. The van der Waals surface area contributed by atoms with Gasteiger partial charge in [-0.2, -0.15) is 5.10 Å². The van der Waals surface area contributed by atoms with Crippen LogP contribution in [-0.4, -0.2) is 49.8 Å². The van der Waals surface area contributed by atoms with Gasteiger partial charge in [0.1, 0.15) is 11.4 Å². The Hall–Kier alpha value is -2.64. The largest absolute Gasteiger partial charge is 0.573 e. The Morgan fingerprint density at radius 1 is 1.24 bits per heavy atom. The normalized spacial score (nSPS) is 19.0. The van der Waals surface area contributed by atoms with Crippen LogP contribution in [0.5, 0.6) is 5.75 Å². The number of alkyl halides is 3. The third-order valence-corrected chi connectivity index (χ3v) is 6.42. The van der Waals surface area contributed by atoms with E-state index in [0.29, 0.717) is 22.8 Å². The number of hydrogen-bond acceptors (Lipinski definition) is 4. The molecule has 3 heterocycles. The summed E-state index contributed by atoms with van der Waals surface area (Å²) in [4.78, 5) is 17.4. The van der Waals surface area contributed by atoms with E-state index in [0.717, 1.165) is 15.7 Å². The van der Waals surface area contributed by atoms with Gasteiger partial charge in [0.2, 0.25) is 0 Å². The second-order valence-electron chi connectivity index (χ2n) is 8.80. The molecule has 0 spiro atoms. The Morgan fingerprint density at radius 2 is 1.94 bits per heavy atom. The first-order valence-corrected chi connectivity index (χ1v) is 10.9. The molecule has 1 amide bonds. The van der Waals surface area contributed by atoms with Crippen LogP contribution in [0.1, 0.15) is 32.4 Å². The lowest BCUT2D eigenvalue weighted by atomic mass is 9.70. The second kappa shape index (κ2) is 7.99. The Morgan fingerprint density at radius 3 is 2.52 bits per heavy atom. The molecule has 1 fully saturated rings. The molecule has 0 bridgehead atoms. The first-order chi connectivity index (χ1) is 15.3. The smallest absolute Gasteiger partial charge is 0.465 e. The Kier molecular flexibility index (Phi) is 5.69. The van der Waals surface area contributed by atoms with E-state index in [4.69, 9.17) is 0 Å². The Balaban J connectivity index is 1.84. The molecular formula is C21H19F4IN4O3. The number of carbonyl (C=O) groups is 1. The number of pyridine rings is 1. The van der Waals surface area contributed by atoms with E-state index in [9.17, 15) is 27.5 Å². The lowest BCUT2D eigenvalue weighted by Crippen LogP contribution is -2.62. The highest BCUT2D eigenvalue weighted by Crippen LogP contribution is 2.46. The van der Waals surface area contributed by atoms with E-state index in [2.05, 4.69) is 37.4 Å². The molecule has 2 atom stereocenters. The molecule has 2 aromatic heterocycles. The van der Waals surface area contributed by atoms with E-state index in [1.807, 2.05) is 20.8 Å². The molecule has 12 heteroatoms. The van der Waals surface area contributed by atoms with Crippen molar-refractivity contribution in [3.63, 3.8) is 0 Å². The highest BCUT2D eigenvalue weighted by Gasteiger charge is 2.50. The average molecular weight is 578 g/mol. The number of hydrogen-bond donors (Lipinski definition) is 1. The molecule has 4 rings (SSSR count). The fourth-order valence-corrected chi connectivity index (χ4v) is 5.00. The Bertz CT molecular complexity index is 1240. The monoisotopic (exact) mass is 578 g/mol. The number of ether oxygens (including phenoxy) is 1. The summed E-state index contributed by atoms with van der Waals surface area (Å²) in [6, 6.07) is 4.16. The number of amides is 1. The molecule has 33 heavy (non-hydrogen) atoms. The van der Waals surface area contributed by atoms with Gasteiger partial charge in [0.05, 0.1) is 17.1 Å². The van der Waals surface area contributed by atoms with E-state index in [1.54, 1.807) is 6.07 Å². The number of benzene rings is 1. The lowest BCUT2D eigenvalue weighted by molar-refractivity contribution is -0.274. The molecule has 7 nitrogen and oxygen atoms in total.